The van der Waals surface area contributed by atoms with E-state index in [-0.39, 0.29) is 18.0 Å². The molecule has 2 bridgehead atoms. The molecule has 10 heteroatoms. The number of phenolic OH excluding ortho intramolecular Hbond substituents is 1. The first-order valence-corrected chi connectivity index (χ1v) is 10.3. The molecule has 3 aromatic rings. The standard InChI is InChI=1S/C21H21B2F2N5O/c22-20-7-12(18(25)21(23,10-20)8-17(20)24)5-13-9-27-19(29-28-13)15-2-1-14(6-16(15)31)30-4-3-26-11-30/h1-6,9,11,17-18,31H,7-8,10,22-23H2/b12-5+/t17-,18+,20+,21+/m1/s1. The molecule has 2 aromatic heterocycles. The molecule has 6 nitrogen and oxygen atoms in total. The predicted octanol–water partition coefficient (Wildman–Crippen LogP) is 2.27. The van der Waals surface area contributed by atoms with Gasteiger partial charge < -0.3 is 9.67 Å². The lowest BCUT2D eigenvalue weighted by atomic mass is 9.51. The molecule has 4 atom stereocenters. The van der Waals surface area contributed by atoms with Crippen LogP contribution in [0, 0.1) is 0 Å². The highest BCUT2D eigenvalue weighted by Crippen LogP contribution is 2.67. The first kappa shape index (κ1) is 19.9. The number of benzene rings is 1. The first-order chi connectivity index (χ1) is 14.8. The number of hydrogen-bond acceptors (Lipinski definition) is 5. The van der Waals surface area contributed by atoms with Gasteiger partial charge in [0, 0.05) is 18.5 Å². The molecule has 0 saturated heterocycles. The fraction of sp³-hybridized carbons (Fsp3) is 0.333. The molecule has 1 aromatic carbocycles. The van der Waals surface area contributed by atoms with Crippen LogP contribution in [0.5, 0.6) is 5.75 Å². The number of nitrogens with zero attached hydrogens (tertiary/aromatic N) is 5. The smallest absolute Gasteiger partial charge is 0.185 e. The quantitative estimate of drug-likeness (QED) is 0.660. The molecule has 2 heterocycles. The van der Waals surface area contributed by atoms with Crippen LogP contribution in [0.3, 0.4) is 0 Å². The third-order valence-electron chi connectivity index (χ3n) is 6.69. The molecule has 2 fully saturated rings. The molecule has 5 rings (SSSR count). The number of halogens is 2. The van der Waals surface area contributed by atoms with Crippen molar-refractivity contribution in [3.8, 4) is 22.8 Å². The molecule has 2 saturated carbocycles. The van der Waals surface area contributed by atoms with Gasteiger partial charge >= 0.3 is 0 Å². The van der Waals surface area contributed by atoms with Crippen molar-refractivity contribution < 1.29 is 13.9 Å². The maximum Gasteiger partial charge on any atom is 0.185 e. The summed E-state index contributed by atoms with van der Waals surface area (Å²) >= 11 is 0. The van der Waals surface area contributed by atoms with Crippen molar-refractivity contribution in [2.45, 2.75) is 42.2 Å². The lowest BCUT2D eigenvalue weighted by Gasteiger charge is -2.39. The summed E-state index contributed by atoms with van der Waals surface area (Å²) in [6, 6.07) is 5.12. The van der Waals surface area contributed by atoms with Crippen molar-refractivity contribution in [2.24, 2.45) is 0 Å². The van der Waals surface area contributed by atoms with Crippen LogP contribution in [-0.4, -0.2) is 57.9 Å². The highest BCUT2D eigenvalue weighted by Gasteiger charge is 2.58. The number of allylic oxidation sites excluding steroid dienone is 1. The number of rotatable bonds is 3. The Morgan fingerprint density at radius 1 is 1.19 bits per heavy atom. The van der Waals surface area contributed by atoms with Crippen molar-refractivity contribution >= 4 is 21.8 Å². The van der Waals surface area contributed by atoms with E-state index in [4.69, 9.17) is 0 Å². The van der Waals surface area contributed by atoms with E-state index in [9.17, 15) is 9.50 Å². The van der Waals surface area contributed by atoms with Gasteiger partial charge in [-0.1, -0.05) is 6.42 Å². The van der Waals surface area contributed by atoms with Gasteiger partial charge in [0.2, 0.25) is 0 Å². The minimum atomic E-state index is -1.21. The molecular formula is C21H21B2F2N5O. The van der Waals surface area contributed by atoms with Crippen molar-refractivity contribution in [3.63, 3.8) is 0 Å². The van der Waals surface area contributed by atoms with Gasteiger partial charge in [0.05, 0.1) is 29.9 Å². The molecule has 2 aliphatic carbocycles. The maximum atomic E-state index is 15.2. The van der Waals surface area contributed by atoms with Gasteiger partial charge in [-0.25, -0.2) is 18.7 Å². The lowest BCUT2D eigenvalue weighted by Crippen LogP contribution is -2.32. The summed E-state index contributed by atoms with van der Waals surface area (Å²) in [4.78, 5) is 8.29. The van der Waals surface area contributed by atoms with Crippen LogP contribution >= 0.6 is 0 Å². The number of phenols is 1. The Bertz CT molecular complexity index is 1160. The Morgan fingerprint density at radius 2 is 2.03 bits per heavy atom. The minimum absolute atomic E-state index is 0.0154. The Morgan fingerprint density at radius 3 is 2.71 bits per heavy atom. The number of alkyl halides is 2. The molecule has 0 spiro atoms. The maximum absolute atomic E-state index is 15.2. The van der Waals surface area contributed by atoms with E-state index in [1.807, 2.05) is 21.8 Å². The third-order valence-corrected chi connectivity index (χ3v) is 6.69. The second-order valence-electron chi connectivity index (χ2n) is 9.29. The molecule has 1 N–H and O–H groups in total. The normalized spacial score (nSPS) is 31.2. The number of aromatic hydroxyl groups is 1. The van der Waals surface area contributed by atoms with Gasteiger partial charge in [0.25, 0.3) is 0 Å². The molecule has 31 heavy (non-hydrogen) atoms. The van der Waals surface area contributed by atoms with Crippen LogP contribution in [0.25, 0.3) is 23.2 Å². The number of imidazole rings is 1. The van der Waals surface area contributed by atoms with Crippen molar-refractivity contribution in [1.82, 2.24) is 24.7 Å². The number of fused-ring (bicyclic) bond motifs is 2. The second-order valence-corrected chi connectivity index (χ2v) is 9.29. The molecule has 0 amide bonds. The predicted molar refractivity (Wildman–Crippen MR) is 118 cm³/mol. The number of aromatic nitrogens is 5. The summed E-state index contributed by atoms with van der Waals surface area (Å²) in [7, 11) is 3.72. The fourth-order valence-corrected chi connectivity index (χ4v) is 5.20. The summed E-state index contributed by atoms with van der Waals surface area (Å²) in [5.41, 5.74) is 2.16. The van der Waals surface area contributed by atoms with Gasteiger partial charge in [-0.15, -0.1) is 10.2 Å². The van der Waals surface area contributed by atoms with E-state index in [1.165, 1.54) is 6.20 Å². The first-order valence-electron chi connectivity index (χ1n) is 10.3. The van der Waals surface area contributed by atoms with E-state index in [1.54, 1.807) is 41.5 Å². The molecular weight excluding hydrogens is 398 g/mol. The minimum Gasteiger partial charge on any atom is -0.507 e. The Hall–Kier alpha value is -3.03. The topological polar surface area (TPSA) is 76.7 Å². The summed E-state index contributed by atoms with van der Waals surface area (Å²) in [6.07, 6.45) is 7.17. The van der Waals surface area contributed by atoms with E-state index in [2.05, 4.69) is 20.2 Å². The molecule has 0 unspecified atom stereocenters. The SMILES string of the molecule is B[C@]12C/C(=C\c3cnc(-c4ccc(-n5ccnc5)cc4O)nn3)[C@H](F)[C@](B)(C[C@H]1F)C2. The molecule has 2 aliphatic rings. The average molecular weight is 419 g/mol. The highest BCUT2D eigenvalue weighted by molar-refractivity contribution is 6.21. The largest absolute Gasteiger partial charge is 0.507 e. The lowest BCUT2D eigenvalue weighted by molar-refractivity contribution is 0.250. The molecule has 0 radical (unpaired) electrons. The Kier molecular flexibility index (Phi) is 4.50. The third kappa shape index (κ3) is 3.34. The van der Waals surface area contributed by atoms with Gasteiger partial charge in [0.1, 0.15) is 33.3 Å². The van der Waals surface area contributed by atoms with Gasteiger partial charge in [-0.05, 0) is 47.3 Å². The number of hydrogen-bond donors (Lipinski definition) is 1. The monoisotopic (exact) mass is 419 g/mol. The van der Waals surface area contributed by atoms with Crippen LogP contribution in [0.1, 0.15) is 25.0 Å². The Balaban J connectivity index is 1.41. The van der Waals surface area contributed by atoms with Crippen molar-refractivity contribution in [1.29, 1.82) is 0 Å². The van der Waals surface area contributed by atoms with Crippen molar-refractivity contribution in [2.75, 3.05) is 0 Å². The van der Waals surface area contributed by atoms with Gasteiger partial charge in [-0.2, -0.15) is 0 Å². The fourth-order valence-electron chi connectivity index (χ4n) is 5.20. The van der Waals surface area contributed by atoms with Gasteiger partial charge in [0.15, 0.2) is 5.82 Å². The van der Waals surface area contributed by atoms with Crippen LogP contribution in [0.15, 0.2) is 48.7 Å². The summed E-state index contributed by atoms with van der Waals surface area (Å²) < 4.78 is 31.5. The highest BCUT2D eigenvalue weighted by atomic mass is 19.1. The van der Waals surface area contributed by atoms with E-state index >= 15 is 4.39 Å². The second kappa shape index (κ2) is 7.00. The van der Waals surface area contributed by atoms with Crippen LogP contribution in [0.4, 0.5) is 8.78 Å². The zero-order chi connectivity index (χ0) is 21.8. The summed E-state index contributed by atoms with van der Waals surface area (Å²) in [5, 5.41) is 17.5. The summed E-state index contributed by atoms with van der Waals surface area (Å²) in [5.74, 6) is 0.279. The van der Waals surface area contributed by atoms with Crippen LogP contribution < -0.4 is 0 Å². The van der Waals surface area contributed by atoms with Crippen molar-refractivity contribution in [3.05, 3.63) is 54.4 Å². The van der Waals surface area contributed by atoms with E-state index < -0.39 is 23.0 Å². The zero-order valence-corrected chi connectivity index (χ0v) is 17.3. The molecule has 156 valence electrons. The molecule has 0 aliphatic heterocycles. The van der Waals surface area contributed by atoms with Crippen LogP contribution in [-0.2, 0) is 0 Å². The van der Waals surface area contributed by atoms with Gasteiger partial charge in [-0.3, -0.25) is 0 Å². The van der Waals surface area contributed by atoms with E-state index in [0.29, 0.717) is 29.7 Å². The van der Waals surface area contributed by atoms with E-state index in [0.717, 1.165) is 5.69 Å². The zero-order valence-electron chi connectivity index (χ0n) is 17.3. The van der Waals surface area contributed by atoms with Crippen LogP contribution in [0.2, 0.25) is 10.6 Å². The Labute approximate surface area is 180 Å². The average Bonchev–Trinajstić information content (AvgIpc) is 3.33. The summed E-state index contributed by atoms with van der Waals surface area (Å²) in [6.45, 7) is 0.